The summed E-state index contributed by atoms with van der Waals surface area (Å²) in [6, 6.07) is 0.428. The Kier molecular flexibility index (Phi) is 3.14. The van der Waals surface area contributed by atoms with E-state index >= 15 is 0 Å². The summed E-state index contributed by atoms with van der Waals surface area (Å²) < 4.78 is 1.01. The lowest BCUT2D eigenvalue weighted by Crippen LogP contribution is -2.08. The Morgan fingerprint density at radius 2 is 2.18 bits per heavy atom. The molecule has 62 valence electrons. The molecule has 0 aliphatic carbocycles. The van der Waals surface area contributed by atoms with Crippen molar-refractivity contribution in [1.29, 1.82) is 0 Å². The molecule has 0 amide bonds. The summed E-state index contributed by atoms with van der Waals surface area (Å²) in [5.41, 5.74) is 0. The average Bonchev–Trinajstić information content (AvgIpc) is 2.34. The van der Waals surface area contributed by atoms with Crippen molar-refractivity contribution in [2.45, 2.75) is 24.2 Å². The normalized spacial score (nSPS) is 10.5. The minimum absolute atomic E-state index is 0.428. The van der Waals surface area contributed by atoms with E-state index in [1.165, 1.54) is 0 Å². The Bertz CT molecular complexity index is 221. The molecule has 1 N–H and O–H groups in total. The molecule has 1 heterocycles. The SMILES string of the molecule is CSc1nnc(NC(C)C)s1. The Morgan fingerprint density at radius 3 is 2.64 bits per heavy atom. The van der Waals surface area contributed by atoms with E-state index in [1.807, 2.05) is 6.26 Å². The van der Waals surface area contributed by atoms with E-state index in [-0.39, 0.29) is 0 Å². The summed E-state index contributed by atoms with van der Waals surface area (Å²) >= 11 is 3.21. The van der Waals surface area contributed by atoms with Crippen LogP contribution in [-0.2, 0) is 0 Å². The molecule has 0 atom stereocenters. The van der Waals surface area contributed by atoms with Crippen molar-refractivity contribution in [2.24, 2.45) is 0 Å². The highest BCUT2D eigenvalue weighted by atomic mass is 32.2. The van der Waals surface area contributed by atoms with Crippen LogP contribution in [0.1, 0.15) is 13.8 Å². The zero-order valence-corrected chi connectivity index (χ0v) is 8.42. The fraction of sp³-hybridized carbons (Fsp3) is 0.667. The number of anilines is 1. The Balaban J connectivity index is 2.58. The van der Waals surface area contributed by atoms with Gasteiger partial charge in [0.2, 0.25) is 5.13 Å². The number of hydrogen-bond acceptors (Lipinski definition) is 5. The van der Waals surface area contributed by atoms with E-state index in [0.717, 1.165) is 9.47 Å². The van der Waals surface area contributed by atoms with Gasteiger partial charge in [-0.25, -0.2) is 0 Å². The van der Waals surface area contributed by atoms with Crippen molar-refractivity contribution in [3.8, 4) is 0 Å². The van der Waals surface area contributed by atoms with Gasteiger partial charge in [0.1, 0.15) is 0 Å². The predicted molar refractivity (Wildman–Crippen MR) is 50.4 cm³/mol. The van der Waals surface area contributed by atoms with E-state index in [1.54, 1.807) is 23.1 Å². The number of nitrogens with one attached hydrogen (secondary N) is 1. The number of nitrogens with zero attached hydrogens (tertiary/aromatic N) is 2. The molecule has 1 aromatic heterocycles. The third-order valence-electron chi connectivity index (χ3n) is 0.993. The second-order valence-corrected chi connectivity index (χ2v) is 4.41. The summed E-state index contributed by atoms with van der Waals surface area (Å²) in [6.45, 7) is 4.17. The molecule has 0 fully saturated rings. The lowest BCUT2D eigenvalue weighted by Gasteiger charge is -2.02. The zero-order valence-electron chi connectivity index (χ0n) is 6.79. The van der Waals surface area contributed by atoms with Gasteiger partial charge in [-0.3, -0.25) is 0 Å². The van der Waals surface area contributed by atoms with Crippen LogP contribution in [0.25, 0.3) is 0 Å². The molecule has 0 bridgehead atoms. The maximum Gasteiger partial charge on any atom is 0.206 e. The second kappa shape index (κ2) is 3.92. The van der Waals surface area contributed by atoms with Crippen molar-refractivity contribution in [3.63, 3.8) is 0 Å². The Morgan fingerprint density at radius 1 is 1.45 bits per heavy atom. The first-order chi connectivity index (χ1) is 5.22. The molecule has 11 heavy (non-hydrogen) atoms. The third kappa shape index (κ3) is 2.67. The van der Waals surface area contributed by atoms with E-state index in [9.17, 15) is 0 Å². The van der Waals surface area contributed by atoms with Gasteiger partial charge >= 0.3 is 0 Å². The van der Waals surface area contributed by atoms with Crippen molar-refractivity contribution in [2.75, 3.05) is 11.6 Å². The van der Waals surface area contributed by atoms with Gasteiger partial charge in [0.05, 0.1) is 0 Å². The van der Waals surface area contributed by atoms with E-state index in [4.69, 9.17) is 0 Å². The molecular weight excluding hydrogens is 178 g/mol. The number of aromatic nitrogens is 2. The van der Waals surface area contributed by atoms with Gasteiger partial charge in [0.25, 0.3) is 0 Å². The summed E-state index contributed by atoms with van der Waals surface area (Å²) in [5.74, 6) is 0. The summed E-state index contributed by atoms with van der Waals surface area (Å²) in [5, 5.41) is 12.0. The van der Waals surface area contributed by atoms with Gasteiger partial charge in [-0.15, -0.1) is 10.2 Å². The van der Waals surface area contributed by atoms with Crippen LogP contribution in [-0.4, -0.2) is 22.5 Å². The third-order valence-corrected chi connectivity index (χ3v) is 2.82. The van der Waals surface area contributed by atoms with Crippen LogP contribution >= 0.6 is 23.1 Å². The molecular formula is C6H11N3S2. The molecule has 0 aliphatic heterocycles. The van der Waals surface area contributed by atoms with E-state index < -0.39 is 0 Å². The highest BCUT2D eigenvalue weighted by Crippen LogP contribution is 2.23. The van der Waals surface area contributed by atoms with Gasteiger partial charge in [-0.05, 0) is 20.1 Å². The Labute approximate surface area is 74.6 Å². The Hall–Kier alpha value is -0.290. The van der Waals surface area contributed by atoms with Crippen LogP contribution in [0.2, 0.25) is 0 Å². The zero-order chi connectivity index (χ0) is 8.27. The molecule has 1 rings (SSSR count). The van der Waals surface area contributed by atoms with Crippen molar-refractivity contribution in [1.82, 2.24) is 10.2 Å². The highest BCUT2D eigenvalue weighted by Gasteiger charge is 2.02. The number of rotatable bonds is 3. The molecule has 0 unspecified atom stereocenters. The van der Waals surface area contributed by atoms with Crippen LogP contribution < -0.4 is 5.32 Å². The van der Waals surface area contributed by atoms with Gasteiger partial charge in [-0.2, -0.15) is 0 Å². The van der Waals surface area contributed by atoms with E-state index in [0.29, 0.717) is 6.04 Å². The molecule has 0 aromatic carbocycles. The van der Waals surface area contributed by atoms with Crippen LogP contribution in [0.4, 0.5) is 5.13 Å². The van der Waals surface area contributed by atoms with E-state index in [2.05, 4.69) is 29.4 Å². The average molecular weight is 189 g/mol. The first kappa shape index (κ1) is 8.80. The second-order valence-electron chi connectivity index (χ2n) is 2.38. The molecule has 0 spiro atoms. The lowest BCUT2D eigenvalue weighted by molar-refractivity contribution is 0.883. The molecule has 1 aromatic rings. The molecule has 0 radical (unpaired) electrons. The topological polar surface area (TPSA) is 37.8 Å². The van der Waals surface area contributed by atoms with Gasteiger partial charge in [0.15, 0.2) is 4.34 Å². The largest absolute Gasteiger partial charge is 0.358 e. The maximum atomic E-state index is 3.96. The van der Waals surface area contributed by atoms with Gasteiger partial charge < -0.3 is 5.32 Å². The van der Waals surface area contributed by atoms with Crippen molar-refractivity contribution >= 4 is 28.2 Å². The maximum absolute atomic E-state index is 3.96. The summed E-state index contributed by atoms with van der Waals surface area (Å²) in [6.07, 6.45) is 2.00. The van der Waals surface area contributed by atoms with Crippen LogP contribution in [0, 0.1) is 0 Å². The molecule has 3 nitrogen and oxygen atoms in total. The fourth-order valence-electron chi connectivity index (χ4n) is 0.598. The van der Waals surface area contributed by atoms with Gasteiger partial charge in [0, 0.05) is 6.04 Å². The standard InChI is InChI=1S/C6H11N3S2/c1-4(2)7-5-8-9-6(10-3)11-5/h4H,1-3H3,(H,7,8). The van der Waals surface area contributed by atoms with Crippen LogP contribution in [0.15, 0.2) is 4.34 Å². The summed E-state index contributed by atoms with van der Waals surface area (Å²) in [4.78, 5) is 0. The van der Waals surface area contributed by atoms with Crippen molar-refractivity contribution < 1.29 is 0 Å². The first-order valence-corrected chi connectivity index (χ1v) is 5.40. The monoisotopic (exact) mass is 189 g/mol. The van der Waals surface area contributed by atoms with Gasteiger partial charge in [-0.1, -0.05) is 23.1 Å². The summed E-state index contributed by atoms with van der Waals surface area (Å²) in [7, 11) is 0. The molecule has 0 aliphatic rings. The first-order valence-electron chi connectivity index (χ1n) is 3.36. The molecule has 5 heteroatoms. The smallest absolute Gasteiger partial charge is 0.206 e. The lowest BCUT2D eigenvalue weighted by atomic mass is 10.4. The molecule has 0 saturated heterocycles. The van der Waals surface area contributed by atoms with Crippen LogP contribution in [0.5, 0.6) is 0 Å². The predicted octanol–water partition coefficient (Wildman–Crippen LogP) is 2.08. The number of hydrogen-bond donors (Lipinski definition) is 1. The quantitative estimate of drug-likeness (QED) is 0.739. The molecule has 0 saturated carbocycles. The van der Waals surface area contributed by atoms with Crippen molar-refractivity contribution in [3.05, 3.63) is 0 Å². The fourth-order valence-corrected chi connectivity index (χ4v) is 1.91. The number of thioether (sulfide) groups is 1. The minimum Gasteiger partial charge on any atom is -0.358 e. The minimum atomic E-state index is 0.428. The van der Waals surface area contributed by atoms with Crippen LogP contribution in [0.3, 0.4) is 0 Å². The highest BCUT2D eigenvalue weighted by molar-refractivity contribution is 8.00.